The number of carbonyl (C=O) groups is 2. The number of thioether (sulfide) groups is 1. The highest BCUT2D eigenvalue weighted by Gasteiger charge is 2.35. The molecule has 166 valence electrons. The molecule has 0 aliphatic carbocycles. The number of benzene rings is 2. The van der Waals surface area contributed by atoms with E-state index >= 15 is 0 Å². The van der Waals surface area contributed by atoms with Crippen molar-refractivity contribution in [1.29, 1.82) is 0 Å². The van der Waals surface area contributed by atoms with Crippen LogP contribution in [0.5, 0.6) is 5.75 Å². The highest BCUT2D eigenvalue weighted by atomic mass is 79.9. The van der Waals surface area contributed by atoms with Gasteiger partial charge in [-0.15, -0.1) is 11.8 Å². The molecule has 0 heterocycles. The molecule has 0 saturated heterocycles. The van der Waals surface area contributed by atoms with Gasteiger partial charge < -0.3 is 9.47 Å². The SMILES string of the molecule is CSc1ccc(C(=O)C=Cc2cc(Br)c(OC(C)(C)C(=O)OC(C)(C)C)c(Br)c2)cc1. The molecule has 0 atom stereocenters. The predicted octanol–water partition coefficient (Wildman–Crippen LogP) is 7.33. The maximum Gasteiger partial charge on any atom is 0.350 e. The van der Waals surface area contributed by atoms with Crippen molar-refractivity contribution in [3.8, 4) is 5.75 Å². The predicted molar refractivity (Wildman–Crippen MR) is 134 cm³/mol. The second kappa shape index (κ2) is 10.4. The minimum atomic E-state index is -1.19. The second-order valence-electron chi connectivity index (χ2n) is 8.35. The topological polar surface area (TPSA) is 52.6 Å². The van der Waals surface area contributed by atoms with Crippen LogP contribution >= 0.6 is 43.6 Å². The van der Waals surface area contributed by atoms with Crippen molar-refractivity contribution < 1.29 is 19.1 Å². The second-order valence-corrected chi connectivity index (χ2v) is 10.9. The molecule has 31 heavy (non-hydrogen) atoms. The van der Waals surface area contributed by atoms with E-state index in [9.17, 15) is 9.59 Å². The molecule has 4 nitrogen and oxygen atoms in total. The molecular formula is C24H26Br2O4S. The Bertz CT molecular complexity index is 967. The zero-order chi connectivity index (χ0) is 23.4. The van der Waals surface area contributed by atoms with Crippen molar-refractivity contribution in [1.82, 2.24) is 0 Å². The van der Waals surface area contributed by atoms with Gasteiger partial charge in [-0.3, -0.25) is 4.79 Å². The zero-order valence-electron chi connectivity index (χ0n) is 18.4. The molecule has 0 saturated carbocycles. The summed E-state index contributed by atoms with van der Waals surface area (Å²) in [5.41, 5.74) is -0.362. The molecule has 0 bridgehead atoms. The highest BCUT2D eigenvalue weighted by molar-refractivity contribution is 9.11. The standard InChI is InChI=1S/C24H26Br2O4S/c1-23(2,3)30-22(28)24(4,5)29-21-18(25)13-15(14-19(21)26)7-12-20(27)16-8-10-17(31-6)11-9-16/h7-14H,1-6H3. The number of allylic oxidation sites excluding steroid dienone is 1. The average Bonchev–Trinajstić information content (AvgIpc) is 2.67. The van der Waals surface area contributed by atoms with Crippen LogP contribution in [0.2, 0.25) is 0 Å². The van der Waals surface area contributed by atoms with Crippen LogP contribution in [0.1, 0.15) is 50.5 Å². The molecule has 0 fully saturated rings. The summed E-state index contributed by atoms with van der Waals surface area (Å²) in [6.45, 7) is 8.76. The summed E-state index contributed by atoms with van der Waals surface area (Å²) in [5.74, 6) is -0.0564. The van der Waals surface area contributed by atoms with Gasteiger partial charge in [0.1, 0.15) is 11.4 Å². The smallest absolute Gasteiger partial charge is 0.350 e. The molecule has 0 aliphatic rings. The van der Waals surface area contributed by atoms with E-state index in [1.807, 2.05) is 63.4 Å². The van der Waals surface area contributed by atoms with E-state index in [4.69, 9.17) is 9.47 Å². The number of carbonyl (C=O) groups excluding carboxylic acids is 2. The van der Waals surface area contributed by atoms with E-state index in [1.54, 1.807) is 31.7 Å². The summed E-state index contributed by atoms with van der Waals surface area (Å²) in [4.78, 5) is 26.0. The van der Waals surface area contributed by atoms with Crippen LogP contribution in [0.3, 0.4) is 0 Å². The molecule has 0 radical (unpaired) electrons. The van der Waals surface area contributed by atoms with Crippen LogP contribution in [-0.4, -0.2) is 29.2 Å². The van der Waals surface area contributed by atoms with Crippen LogP contribution in [0.15, 0.2) is 56.3 Å². The number of esters is 1. The highest BCUT2D eigenvalue weighted by Crippen LogP contribution is 2.38. The molecule has 0 aromatic heterocycles. The Morgan fingerprint density at radius 2 is 1.52 bits per heavy atom. The summed E-state index contributed by atoms with van der Waals surface area (Å²) in [6, 6.07) is 11.1. The Morgan fingerprint density at radius 3 is 2.00 bits per heavy atom. The van der Waals surface area contributed by atoms with Gasteiger partial charge in [-0.1, -0.05) is 6.08 Å². The Hall–Kier alpha value is -1.57. The van der Waals surface area contributed by atoms with E-state index in [1.165, 1.54) is 6.08 Å². The van der Waals surface area contributed by atoms with Gasteiger partial charge in [-0.25, -0.2) is 4.79 Å². The Balaban J connectivity index is 2.18. The van der Waals surface area contributed by atoms with Crippen molar-refractivity contribution in [2.45, 2.75) is 50.7 Å². The first-order chi connectivity index (χ1) is 14.3. The molecule has 2 aromatic rings. The molecule has 0 N–H and O–H groups in total. The first-order valence-electron chi connectivity index (χ1n) is 9.60. The number of hydrogen-bond acceptors (Lipinski definition) is 5. The molecule has 2 rings (SSSR count). The molecule has 0 aliphatic heterocycles. The fourth-order valence-corrected chi connectivity index (χ4v) is 4.29. The van der Waals surface area contributed by atoms with Crippen LogP contribution in [0, 0.1) is 0 Å². The van der Waals surface area contributed by atoms with Gasteiger partial charge in [0.15, 0.2) is 11.4 Å². The van der Waals surface area contributed by atoms with Gasteiger partial charge in [0.05, 0.1) is 8.95 Å². The zero-order valence-corrected chi connectivity index (χ0v) is 22.4. The van der Waals surface area contributed by atoms with E-state index < -0.39 is 17.2 Å². The lowest BCUT2D eigenvalue weighted by atomic mass is 10.1. The van der Waals surface area contributed by atoms with Gasteiger partial charge >= 0.3 is 5.97 Å². The Labute approximate surface area is 205 Å². The molecule has 7 heteroatoms. The summed E-state index contributed by atoms with van der Waals surface area (Å²) in [5, 5.41) is 0. The van der Waals surface area contributed by atoms with Crippen molar-refractivity contribution >= 4 is 61.5 Å². The number of rotatable bonds is 7. The van der Waals surface area contributed by atoms with Crippen LogP contribution in [0.25, 0.3) is 6.08 Å². The van der Waals surface area contributed by atoms with Crippen molar-refractivity contribution in [3.05, 3.63) is 62.5 Å². The van der Waals surface area contributed by atoms with E-state index in [2.05, 4.69) is 31.9 Å². The third-order valence-electron chi connectivity index (χ3n) is 4.07. The third-order valence-corrected chi connectivity index (χ3v) is 5.99. The summed E-state index contributed by atoms with van der Waals surface area (Å²) >= 11 is 8.63. The third kappa shape index (κ3) is 7.51. The molecule has 0 spiro atoms. The number of hydrogen-bond donors (Lipinski definition) is 0. The summed E-state index contributed by atoms with van der Waals surface area (Å²) < 4.78 is 12.7. The number of ketones is 1. The summed E-state index contributed by atoms with van der Waals surface area (Å²) in [6.07, 6.45) is 5.27. The normalized spacial score (nSPS) is 12.1. The van der Waals surface area contributed by atoms with Gasteiger partial charge in [-0.05, 0) is 121 Å². The Morgan fingerprint density at radius 1 is 0.968 bits per heavy atom. The summed E-state index contributed by atoms with van der Waals surface area (Å²) in [7, 11) is 0. The number of ether oxygens (including phenoxy) is 2. The van der Waals surface area contributed by atoms with Gasteiger partial charge in [-0.2, -0.15) is 0 Å². The minimum absolute atomic E-state index is 0.0775. The lowest BCUT2D eigenvalue weighted by molar-refractivity contribution is -0.171. The molecule has 2 aromatic carbocycles. The van der Waals surface area contributed by atoms with Crippen LogP contribution < -0.4 is 4.74 Å². The molecule has 0 unspecified atom stereocenters. The van der Waals surface area contributed by atoms with E-state index in [0.717, 1.165) is 10.5 Å². The largest absolute Gasteiger partial charge is 0.474 e. The van der Waals surface area contributed by atoms with E-state index in [-0.39, 0.29) is 5.78 Å². The quantitative estimate of drug-likeness (QED) is 0.151. The van der Waals surface area contributed by atoms with Gasteiger partial charge in [0.2, 0.25) is 0 Å². The van der Waals surface area contributed by atoms with Crippen LogP contribution in [0.4, 0.5) is 0 Å². The lowest BCUT2D eigenvalue weighted by Gasteiger charge is -2.29. The van der Waals surface area contributed by atoms with Crippen molar-refractivity contribution in [2.75, 3.05) is 6.26 Å². The fourth-order valence-electron chi connectivity index (χ4n) is 2.49. The lowest BCUT2D eigenvalue weighted by Crippen LogP contribution is -2.43. The first-order valence-corrected chi connectivity index (χ1v) is 12.4. The fraction of sp³-hybridized carbons (Fsp3) is 0.333. The maximum atomic E-state index is 12.5. The monoisotopic (exact) mass is 568 g/mol. The maximum absolute atomic E-state index is 12.5. The number of halogens is 2. The first kappa shape index (κ1) is 25.7. The van der Waals surface area contributed by atoms with Crippen LogP contribution in [-0.2, 0) is 9.53 Å². The molecular weight excluding hydrogens is 544 g/mol. The van der Waals surface area contributed by atoms with Gasteiger partial charge in [0, 0.05) is 10.5 Å². The Kier molecular flexibility index (Phi) is 8.59. The average molecular weight is 570 g/mol. The van der Waals surface area contributed by atoms with Crippen molar-refractivity contribution in [2.24, 2.45) is 0 Å². The van der Waals surface area contributed by atoms with E-state index in [0.29, 0.717) is 20.3 Å². The van der Waals surface area contributed by atoms with Crippen molar-refractivity contribution in [3.63, 3.8) is 0 Å². The minimum Gasteiger partial charge on any atom is -0.474 e. The molecule has 0 amide bonds. The van der Waals surface area contributed by atoms with Gasteiger partial charge in [0.25, 0.3) is 0 Å².